The topological polar surface area (TPSA) is 6.48 Å². The molecule has 1 heterocycles. The van der Waals surface area contributed by atoms with Gasteiger partial charge in [-0.3, -0.25) is 0 Å². The van der Waals surface area contributed by atoms with Crippen molar-refractivity contribution in [1.82, 2.24) is 0 Å². The minimum atomic E-state index is -0.390. The normalized spacial score (nSPS) is 13.9. The molecule has 1 spiro atoms. The van der Waals surface area contributed by atoms with Crippen molar-refractivity contribution in [1.29, 1.82) is 0 Å². The smallest absolute Gasteiger partial charge is 0.0726 e. The number of thioether (sulfide) groups is 1. The predicted octanol–water partition coefficient (Wildman–Crippen LogP) is 13.9. The summed E-state index contributed by atoms with van der Waals surface area (Å²) in [4.78, 5) is 5.93. The molecule has 54 heavy (non-hydrogen) atoms. The van der Waals surface area contributed by atoms with E-state index in [-0.39, 0.29) is 0 Å². The minimum absolute atomic E-state index is 0.390. The Balaban J connectivity index is 1.01. The summed E-state index contributed by atoms with van der Waals surface area (Å²) >= 11 is 1.76. The molecule has 2 nitrogen and oxygen atoms in total. The Labute approximate surface area is 320 Å². The highest BCUT2D eigenvalue weighted by atomic mass is 32.2. The van der Waals surface area contributed by atoms with Gasteiger partial charge in [0.25, 0.3) is 0 Å². The zero-order valence-corrected chi connectivity index (χ0v) is 30.2. The molecule has 3 aliphatic rings. The van der Waals surface area contributed by atoms with Gasteiger partial charge >= 0.3 is 0 Å². The van der Waals surface area contributed by atoms with Crippen LogP contribution >= 0.6 is 11.8 Å². The van der Waals surface area contributed by atoms with Crippen molar-refractivity contribution in [3.63, 3.8) is 0 Å². The highest BCUT2D eigenvalue weighted by Crippen LogP contribution is 2.63. The van der Waals surface area contributed by atoms with Crippen molar-refractivity contribution in [3.05, 3.63) is 228 Å². The molecule has 8 aromatic carbocycles. The van der Waals surface area contributed by atoms with Crippen LogP contribution in [0.3, 0.4) is 0 Å². The summed E-state index contributed by atoms with van der Waals surface area (Å²) in [5.74, 6) is 0. The maximum Gasteiger partial charge on any atom is 0.0726 e. The van der Waals surface area contributed by atoms with Crippen LogP contribution in [0, 0.1) is 0 Å². The SMILES string of the molecule is C1=CN(c2ccc(-c3ccc(N(c4ccccc4)c4ccc5c(c4)C4(c6ccccc6-c6ccccc64)c4ccccc4-5)cc3)cc2)c2ccccc2S1. The fraction of sp³-hybridized carbons (Fsp3) is 0.0196. The molecule has 0 aromatic heterocycles. The van der Waals surface area contributed by atoms with Crippen LogP contribution in [0.5, 0.6) is 0 Å². The van der Waals surface area contributed by atoms with Gasteiger partial charge in [0.1, 0.15) is 0 Å². The quantitative estimate of drug-likeness (QED) is 0.176. The van der Waals surface area contributed by atoms with E-state index in [4.69, 9.17) is 0 Å². The van der Waals surface area contributed by atoms with Crippen LogP contribution in [0.2, 0.25) is 0 Å². The van der Waals surface area contributed by atoms with E-state index in [0.29, 0.717) is 0 Å². The first-order chi connectivity index (χ1) is 26.8. The number of hydrogen-bond donors (Lipinski definition) is 0. The number of anilines is 5. The highest BCUT2D eigenvalue weighted by Gasteiger charge is 2.51. The van der Waals surface area contributed by atoms with E-state index in [0.717, 1.165) is 22.7 Å². The molecule has 0 saturated heterocycles. The average molecular weight is 707 g/mol. The minimum Gasteiger partial charge on any atom is -0.316 e. The molecule has 2 aliphatic carbocycles. The maximum atomic E-state index is 2.46. The van der Waals surface area contributed by atoms with Crippen molar-refractivity contribution in [2.24, 2.45) is 0 Å². The van der Waals surface area contributed by atoms with Gasteiger partial charge in [-0.2, -0.15) is 0 Å². The van der Waals surface area contributed by atoms with Gasteiger partial charge in [0, 0.05) is 33.8 Å². The van der Waals surface area contributed by atoms with Crippen LogP contribution in [0.15, 0.2) is 211 Å². The third-order valence-corrected chi connectivity index (χ3v) is 12.2. The molecule has 0 bridgehead atoms. The van der Waals surface area contributed by atoms with Crippen LogP contribution in [0.1, 0.15) is 22.3 Å². The molecule has 8 aromatic rings. The fourth-order valence-corrected chi connectivity index (χ4v) is 9.86. The van der Waals surface area contributed by atoms with E-state index >= 15 is 0 Å². The maximum absolute atomic E-state index is 2.46. The fourth-order valence-electron chi connectivity index (χ4n) is 9.09. The van der Waals surface area contributed by atoms with Crippen molar-refractivity contribution in [3.8, 4) is 33.4 Å². The molecule has 0 saturated carbocycles. The van der Waals surface area contributed by atoms with Gasteiger partial charge in [-0.1, -0.05) is 145 Å². The van der Waals surface area contributed by atoms with Crippen molar-refractivity contribution in [2.45, 2.75) is 10.3 Å². The van der Waals surface area contributed by atoms with Gasteiger partial charge in [0.15, 0.2) is 0 Å². The summed E-state index contributed by atoms with van der Waals surface area (Å²) in [7, 11) is 0. The molecule has 254 valence electrons. The molecule has 3 heteroatoms. The Hall–Kier alpha value is -6.55. The lowest BCUT2D eigenvalue weighted by Crippen LogP contribution is -2.26. The number of benzene rings is 8. The van der Waals surface area contributed by atoms with Gasteiger partial charge in [0.2, 0.25) is 0 Å². The van der Waals surface area contributed by atoms with E-state index in [1.54, 1.807) is 11.8 Å². The summed E-state index contributed by atoms with van der Waals surface area (Å²) in [6, 6.07) is 71.4. The number of nitrogens with zero attached hydrogens (tertiary/aromatic N) is 2. The summed E-state index contributed by atoms with van der Waals surface area (Å²) < 4.78 is 0. The zero-order chi connectivity index (χ0) is 35.6. The highest BCUT2D eigenvalue weighted by molar-refractivity contribution is 8.02. The van der Waals surface area contributed by atoms with E-state index < -0.39 is 5.41 Å². The van der Waals surface area contributed by atoms with Crippen LogP contribution in [0.25, 0.3) is 33.4 Å². The number of para-hydroxylation sites is 2. The molecular formula is C51H34N2S. The van der Waals surface area contributed by atoms with E-state index in [9.17, 15) is 0 Å². The second kappa shape index (κ2) is 12.3. The first-order valence-electron chi connectivity index (χ1n) is 18.5. The van der Waals surface area contributed by atoms with Crippen molar-refractivity contribution < 1.29 is 0 Å². The third kappa shape index (κ3) is 4.55. The first kappa shape index (κ1) is 31.0. The monoisotopic (exact) mass is 706 g/mol. The predicted molar refractivity (Wildman–Crippen MR) is 226 cm³/mol. The summed E-state index contributed by atoms with van der Waals surface area (Å²) in [6.45, 7) is 0. The molecular weight excluding hydrogens is 673 g/mol. The molecule has 0 amide bonds. The van der Waals surface area contributed by atoms with E-state index in [1.165, 1.54) is 66.2 Å². The largest absolute Gasteiger partial charge is 0.316 e. The Morgan fingerprint density at radius 1 is 0.407 bits per heavy atom. The Kier molecular flexibility index (Phi) is 7.05. The second-order valence-electron chi connectivity index (χ2n) is 14.1. The van der Waals surface area contributed by atoms with Crippen LogP contribution < -0.4 is 9.80 Å². The van der Waals surface area contributed by atoms with Gasteiger partial charge in [0.05, 0.1) is 11.1 Å². The lowest BCUT2D eigenvalue weighted by Gasteiger charge is -2.32. The average Bonchev–Trinajstić information content (AvgIpc) is 3.71. The zero-order valence-electron chi connectivity index (χ0n) is 29.4. The Bertz CT molecular complexity index is 2680. The molecule has 11 rings (SSSR count). The van der Waals surface area contributed by atoms with E-state index in [2.05, 4.69) is 216 Å². The molecule has 1 aliphatic heterocycles. The van der Waals surface area contributed by atoms with Crippen molar-refractivity contribution in [2.75, 3.05) is 9.80 Å². The van der Waals surface area contributed by atoms with Gasteiger partial charge in [-0.25, -0.2) is 0 Å². The Morgan fingerprint density at radius 3 is 1.56 bits per heavy atom. The van der Waals surface area contributed by atoms with Crippen LogP contribution in [-0.2, 0) is 5.41 Å². The number of rotatable bonds is 5. The van der Waals surface area contributed by atoms with Gasteiger partial charge in [-0.05, 0) is 122 Å². The summed E-state index contributed by atoms with van der Waals surface area (Å²) in [6.07, 6.45) is 2.15. The molecule has 0 atom stereocenters. The summed E-state index contributed by atoms with van der Waals surface area (Å²) in [5.41, 5.74) is 18.4. The molecule has 0 N–H and O–H groups in total. The molecule has 0 radical (unpaired) electrons. The van der Waals surface area contributed by atoms with Gasteiger partial charge < -0.3 is 9.80 Å². The second-order valence-corrected chi connectivity index (χ2v) is 15.1. The number of hydrogen-bond acceptors (Lipinski definition) is 3. The lowest BCUT2D eigenvalue weighted by atomic mass is 9.70. The Morgan fingerprint density at radius 2 is 0.907 bits per heavy atom. The standard InChI is InChI=1S/C51H34N2S/c1-2-12-38(13-3-1)53(39-28-24-36(25-29-39)35-22-26-37(27-23-35)52-32-33-54-50-21-11-10-20-49(50)52)40-30-31-44-43-16-6-9-19-47(43)51(48(44)34-40)45-17-7-4-14-41(45)42-15-5-8-18-46(42)51/h1-34H. The van der Waals surface area contributed by atoms with Gasteiger partial charge in [-0.15, -0.1) is 0 Å². The van der Waals surface area contributed by atoms with E-state index in [1.807, 2.05) is 0 Å². The van der Waals surface area contributed by atoms with Crippen LogP contribution in [0.4, 0.5) is 28.4 Å². The number of fused-ring (bicyclic) bond motifs is 11. The van der Waals surface area contributed by atoms with Crippen molar-refractivity contribution >= 4 is 40.2 Å². The first-order valence-corrected chi connectivity index (χ1v) is 19.4. The summed E-state index contributed by atoms with van der Waals surface area (Å²) in [5, 5.41) is 2.15. The van der Waals surface area contributed by atoms with Crippen LogP contribution in [-0.4, -0.2) is 0 Å². The third-order valence-electron chi connectivity index (χ3n) is 11.4. The molecule has 0 fully saturated rings. The molecule has 0 unspecified atom stereocenters. The lowest BCUT2D eigenvalue weighted by molar-refractivity contribution is 0.793.